The Balaban J connectivity index is 1.53. The van der Waals surface area contributed by atoms with Crippen molar-refractivity contribution in [2.75, 3.05) is 39.9 Å². The summed E-state index contributed by atoms with van der Waals surface area (Å²) in [6.07, 6.45) is 1.87. The number of methoxy groups -OCH3 is 1. The van der Waals surface area contributed by atoms with Crippen LogP contribution in [0.5, 0.6) is 11.5 Å². The predicted molar refractivity (Wildman–Crippen MR) is 121 cm³/mol. The smallest absolute Gasteiger partial charge is 0.253 e. The monoisotopic (exact) mass is 424 g/mol. The molecular formula is C25H32N2O4. The number of carbonyl (C=O) groups is 2. The van der Waals surface area contributed by atoms with Gasteiger partial charge in [0, 0.05) is 38.2 Å². The van der Waals surface area contributed by atoms with Crippen LogP contribution in [-0.4, -0.2) is 61.5 Å². The number of rotatable bonds is 7. The molecule has 31 heavy (non-hydrogen) atoms. The molecule has 1 fully saturated rings. The van der Waals surface area contributed by atoms with Gasteiger partial charge in [-0.25, -0.2) is 0 Å². The summed E-state index contributed by atoms with van der Waals surface area (Å²) in [7, 11) is 1.62. The van der Waals surface area contributed by atoms with Crippen molar-refractivity contribution in [3.8, 4) is 11.5 Å². The molecule has 6 heteroatoms. The van der Waals surface area contributed by atoms with Gasteiger partial charge in [-0.2, -0.15) is 0 Å². The molecule has 166 valence electrons. The number of hydrogen-bond acceptors (Lipinski definition) is 4. The summed E-state index contributed by atoms with van der Waals surface area (Å²) in [6.45, 7) is 7.01. The van der Waals surface area contributed by atoms with Crippen molar-refractivity contribution in [3.05, 3.63) is 59.2 Å². The quantitative estimate of drug-likeness (QED) is 0.680. The van der Waals surface area contributed by atoms with Crippen LogP contribution in [0.1, 0.15) is 41.3 Å². The first-order valence-corrected chi connectivity index (χ1v) is 10.9. The molecule has 2 aromatic carbocycles. The third-order valence-corrected chi connectivity index (χ3v) is 5.59. The normalized spacial score (nSPS) is 14.2. The zero-order valence-electron chi connectivity index (χ0n) is 18.7. The molecular weight excluding hydrogens is 392 g/mol. The van der Waals surface area contributed by atoms with Crippen LogP contribution in [0.4, 0.5) is 0 Å². The minimum atomic E-state index is 0.0378. The fourth-order valence-corrected chi connectivity index (χ4v) is 3.80. The van der Waals surface area contributed by atoms with Crippen LogP contribution in [0, 0.1) is 6.92 Å². The summed E-state index contributed by atoms with van der Waals surface area (Å²) in [5.41, 5.74) is 2.88. The van der Waals surface area contributed by atoms with Gasteiger partial charge >= 0.3 is 0 Å². The minimum absolute atomic E-state index is 0.0378. The second kappa shape index (κ2) is 10.8. The average Bonchev–Trinajstić information content (AvgIpc) is 3.05. The van der Waals surface area contributed by atoms with E-state index in [-0.39, 0.29) is 11.8 Å². The molecule has 2 amide bonds. The van der Waals surface area contributed by atoms with Gasteiger partial charge in [-0.15, -0.1) is 0 Å². The molecule has 0 unspecified atom stereocenters. The van der Waals surface area contributed by atoms with E-state index in [1.807, 2.05) is 66.1 Å². The molecule has 0 N–H and O–H groups in total. The summed E-state index contributed by atoms with van der Waals surface area (Å²) in [4.78, 5) is 29.3. The molecule has 1 saturated heterocycles. The Hall–Kier alpha value is -3.02. The zero-order valence-corrected chi connectivity index (χ0v) is 18.7. The lowest BCUT2D eigenvalue weighted by Gasteiger charge is -2.22. The number of carbonyl (C=O) groups excluding carboxylic acids is 2. The SMILES string of the molecule is CCOc1ccc(CCC(=O)N2CCCN(C(=O)c3ccc(C)cc3)CC2)cc1OC. The largest absolute Gasteiger partial charge is 0.493 e. The van der Waals surface area contributed by atoms with Crippen molar-refractivity contribution in [2.24, 2.45) is 0 Å². The second-order valence-corrected chi connectivity index (χ2v) is 7.81. The Labute approximate surface area is 184 Å². The Morgan fingerprint density at radius 2 is 1.65 bits per heavy atom. The van der Waals surface area contributed by atoms with Crippen LogP contribution in [0.3, 0.4) is 0 Å². The topological polar surface area (TPSA) is 59.1 Å². The van der Waals surface area contributed by atoms with E-state index in [1.165, 1.54) is 0 Å². The number of aryl methyl sites for hydroxylation is 2. The molecule has 1 heterocycles. The molecule has 1 aliphatic rings. The molecule has 0 bridgehead atoms. The number of ether oxygens (including phenoxy) is 2. The first-order valence-electron chi connectivity index (χ1n) is 10.9. The van der Waals surface area contributed by atoms with Crippen LogP contribution >= 0.6 is 0 Å². The molecule has 0 radical (unpaired) electrons. The molecule has 0 saturated carbocycles. The number of benzene rings is 2. The van der Waals surface area contributed by atoms with Crippen molar-refractivity contribution in [1.82, 2.24) is 9.80 Å². The lowest BCUT2D eigenvalue weighted by atomic mass is 10.1. The molecule has 0 aromatic heterocycles. The standard InChI is InChI=1S/C25H32N2O4/c1-4-31-22-12-8-20(18-23(22)30-3)9-13-24(28)26-14-5-15-27(17-16-26)25(29)21-10-6-19(2)7-11-21/h6-8,10-12,18H,4-5,9,13-17H2,1-3H3. The van der Waals surface area contributed by atoms with Crippen LogP contribution in [0.2, 0.25) is 0 Å². The fraction of sp³-hybridized carbons (Fsp3) is 0.440. The van der Waals surface area contributed by atoms with Gasteiger partial charge in [-0.1, -0.05) is 23.8 Å². The highest BCUT2D eigenvalue weighted by molar-refractivity contribution is 5.94. The Morgan fingerprint density at radius 1 is 0.935 bits per heavy atom. The summed E-state index contributed by atoms with van der Waals surface area (Å²) in [5, 5.41) is 0. The molecule has 0 spiro atoms. The number of hydrogen-bond donors (Lipinski definition) is 0. The van der Waals surface area contributed by atoms with Gasteiger partial charge in [-0.05, 0) is 56.5 Å². The van der Waals surface area contributed by atoms with Gasteiger partial charge in [0.2, 0.25) is 5.91 Å². The van der Waals surface area contributed by atoms with Gasteiger partial charge in [0.05, 0.1) is 13.7 Å². The Bertz CT molecular complexity index is 895. The summed E-state index contributed by atoms with van der Waals surface area (Å²) >= 11 is 0. The van der Waals surface area contributed by atoms with Gasteiger partial charge in [0.25, 0.3) is 5.91 Å². The third-order valence-electron chi connectivity index (χ3n) is 5.59. The Morgan fingerprint density at radius 3 is 2.35 bits per heavy atom. The molecule has 1 aliphatic heterocycles. The molecule has 0 atom stereocenters. The van der Waals surface area contributed by atoms with E-state index in [9.17, 15) is 9.59 Å². The summed E-state index contributed by atoms with van der Waals surface area (Å²) in [5.74, 6) is 1.56. The van der Waals surface area contributed by atoms with E-state index in [2.05, 4.69) is 0 Å². The summed E-state index contributed by atoms with van der Waals surface area (Å²) in [6, 6.07) is 13.5. The second-order valence-electron chi connectivity index (χ2n) is 7.81. The van der Waals surface area contributed by atoms with Crippen LogP contribution in [-0.2, 0) is 11.2 Å². The van der Waals surface area contributed by atoms with Crippen molar-refractivity contribution in [3.63, 3.8) is 0 Å². The highest BCUT2D eigenvalue weighted by atomic mass is 16.5. The van der Waals surface area contributed by atoms with E-state index in [0.29, 0.717) is 62.7 Å². The molecule has 2 aromatic rings. The van der Waals surface area contributed by atoms with E-state index < -0.39 is 0 Å². The van der Waals surface area contributed by atoms with E-state index in [4.69, 9.17) is 9.47 Å². The van der Waals surface area contributed by atoms with Crippen LogP contribution in [0.25, 0.3) is 0 Å². The lowest BCUT2D eigenvalue weighted by molar-refractivity contribution is -0.131. The van der Waals surface area contributed by atoms with Crippen molar-refractivity contribution in [2.45, 2.75) is 33.1 Å². The van der Waals surface area contributed by atoms with E-state index >= 15 is 0 Å². The summed E-state index contributed by atoms with van der Waals surface area (Å²) < 4.78 is 10.9. The first kappa shape index (κ1) is 22.7. The van der Waals surface area contributed by atoms with Crippen molar-refractivity contribution >= 4 is 11.8 Å². The fourth-order valence-electron chi connectivity index (χ4n) is 3.80. The van der Waals surface area contributed by atoms with Gasteiger partial charge in [0.15, 0.2) is 11.5 Å². The maximum atomic E-state index is 12.8. The van der Waals surface area contributed by atoms with Crippen LogP contribution < -0.4 is 9.47 Å². The van der Waals surface area contributed by atoms with Gasteiger partial charge < -0.3 is 19.3 Å². The lowest BCUT2D eigenvalue weighted by Crippen LogP contribution is -2.37. The van der Waals surface area contributed by atoms with Gasteiger partial charge in [0.1, 0.15) is 0 Å². The molecule has 0 aliphatic carbocycles. The van der Waals surface area contributed by atoms with Gasteiger partial charge in [-0.3, -0.25) is 9.59 Å². The third kappa shape index (κ3) is 6.00. The van der Waals surface area contributed by atoms with E-state index in [1.54, 1.807) is 7.11 Å². The number of nitrogens with zero attached hydrogens (tertiary/aromatic N) is 2. The van der Waals surface area contributed by atoms with Crippen molar-refractivity contribution < 1.29 is 19.1 Å². The highest BCUT2D eigenvalue weighted by Crippen LogP contribution is 2.28. The maximum Gasteiger partial charge on any atom is 0.253 e. The van der Waals surface area contributed by atoms with Crippen LogP contribution in [0.15, 0.2) is 42.5 Å². The molecule has 6 nitrogen and oxygen atoms in total. The highest BCUT2D eigenvalue weighted by Gasteiger charge is 2.22. The maximum absolute atomic E-state index is 12.8. The minimum Gasteiger partial charge on any atom is -0.493 e. The molecule has 3 rings (SSSR count). The Kier molecular flexibility index (Phi) is 7.93. The predicted octanol–water partition coefficient (Wildman–Crippen LogP) is 3.71. The van der Waals surface area contributed by atoms with E-state index in [0.717, 1.165) is 17.5 Å². The zero-order chi connectivity index (χ0) is 22.2. The number of amides is 2. The average molecular weight is 425 g/mol. The first-order chi connectivity index (χ1) is 15.0. The van der Waals surface area contributed by atoms with Crippen molar-refractivity contribution in [1.29, 1.82) is 0 Å².